The minimum absolute atomic E-state index is 1.35. The van der Waals surface area contributed by atoms with Gasteiger partial charge in [0, 0.05) is 73.2 Å². The highest BCUT2D eigenvalue weighted by atomic mass is 127. The van der Waals surface area contributed by atoms with Crippen LogP contribution in [0.25, 0.3) is 68.3 Å². The molecule has 0 aliphatic carbocycles. The molecule has 0 N–H and O–H groups in total. The maximum Gasteiger partial charge on any atom is 0.0663 e. The van der Waals surface area contributed by atoms with Crippen LogP contribution in [0.3, 0.4) is 0 Å². The van der Waals surface area contributed by atoms with Gasteiger partial charge in [-0.2, -0.15) is 0 Å². The van der Waals surface area contributed by atoms with Crippen LogP contribution in [-0.4, -0.2) is 0 Å². The van der Waals surface area contributed by atoms with E-state index in [1.165, 1.54) is 98.3 Å². The van der Waals surface area contributed by atoms with Crippen LogP contribution in [0.2, 0.25) is 0 Å². The minimum atomic E-state index is 1.35. The Bertz CT molecular complexity index is 2180. The van der Waals surface area contributed by atoms with Crippen molar-refractivity contribution in [1.82, 2.24) is 0 Å². The van der Waals surface area contributed by atoms with Gasteiger partial charge in [0.15, 0.2) is 0 Å². The van der Waals surface area contributed by atoms with Gasteiger partial charge in [0.05, 0.1) is 2.88 Å². The minimum Gasteiger partial charge on any atom is -0.139 e. The van der Waals surface area contributed by atoms with Gasteiger partial charge in [-0.25, -0.2) is 0 Å². The molecule has 0 saturated carbocycles. The summed E-state index contributed by atoms with van der Waals surface area (Å²) < 4.78 is 1.35. The molecule has 0 aliphatic rings. The molecule has 8 heterocycles. The van der Waals surface area contributed by atoms with E-state index in [2.05, 4.69) is 130 Å². The molecule has 0 unspecified atom stereocenters. The van der Waals surface area contributed by atoms with Crippen molar-refractivity contribution in [3.05, 3.63) is 103 Å². The van der Waals surface area contributed by atoms with Gasteiger partial charge in [0.25, 0.3) is 0 Å². The number of hydrogen-bond donors (Lipinski definition) is 0. The van der Waals surface area contributed by atoms with E-state index in [-0.39, 0.29) is 0 Å². The van der Waals surface area contributed by atoms with E-state index < -0.39 is 0 Å². The summed E-state index contributed by atoms with van der Waals surface area (Å²) in [7, 11) is 0. The maximum atomic E-state index is 2.43. The van der Waals surface area contributed by atoms with Crippen molar-refractivity contribution in [3.63, 3.8) is 0 Å². The second-order valence-corrected chi connectivity index (χ2v) is 22.0. The Morgan fingerprint density at radius 3 is 1.00 bits per heavy atom. The van der Waals surface area contributed by atoms with Gasteiger partial charge < -0.3 is 0 Å². The van der Waals surface area contributed by atoms with Crippen molar-refractivity contribution < 1.29 is 0 Å². The molecule has 0 amide bonds. The fourth-order valence-electron chi connectivity index (χ4n) is 5.64. The molecule has 8 aromatic heterocycles. The maximum absolute atomic E-state index is 2.43. The Kier molecular flexibility index (Phi) is 8.69. The molecule has 230 valence electrons. The summed E-state index contributed by atoms with van der Waals surface area (Å²) in [5, 5.41) is 0. The summed E-state index contributed by atoms with van der Waals surface area (Å²) in [6.07, 6.45) is 0. The first kappa shape index (κ1) is 31.6. The molecular formula is C37H27IS8. The topological polar surface area (TPSA) is 0 Å². The molecule has 0 aromatic carbocycles. The average Bonchev–Trinajstić information content (AvgIpc) is 3.85. The lowest BCUT2D eigenvalue weighted by Crippen LogP contribution is -1.67. The molecule has 8 rings (SSSR count). The summed E-state index contributed by atoms with van der Waals surface area (Å²) >= 11 is 17.7. The van der Waals surface area contributed by atoms with E-state index in [4.69, 9.17) is 0 Å². The van der Waals surface area contributed by atoms with Crippen molar-refractivity contribution in [2.45, 2.75) is 34.6 Å². The van der Waals surface area contributed by atoms with Crippen LogP contribution in [0, 0.1) is 37.5 Å². The van der Waals surface area contributed by atoms with Crippen LogP contribution in [-0.2, 0) is 0 Å². The second-order valence-electron chi connectivity index (χ2n) is 11.3. The predicted octanol–water partition coefficient (Wildman–Crippen LogP) is 16.0. The molecular weight excluding hydrogens is 828 g/mol. The smallest absolute Gasteiger partial charge is 0.0663 e. The Balaban J connectivity index is 1.03. The molecule has 0 atom stereocenters. The molecule has 0 aliphatic heterocycles. The van der Waals surface area contributed by atoms with Gasteiger partial charge in [-0.3, -0.25) is 0 Å². The summed E-state index contributed by atoms with van der Waals surface area (Å²) in [5.41, 5.74) is 5.48. The third-order valence-corrected chi connectivity index (χ3v) is 19.1. The van der Waals surface area contributed by atoms with Crippen LogP contribution in [0.15, 0.2) is 72.8 Å². The zero-order valence-electron chi connectivity index (χ0n) is 25.6. The van der Waals surface area contributed by atoms with E-state index in [9.17, 15) is 0 Å². The standard InChI is InChI=1S/C37H27IS8/c1-18-14-22(5)39-34(18)27-10-6-23(40-27)24-7-11-28(41-24)35-19(2)15-31(44-35)32-16-20(3)36(45-32)29-12-8-25(42-29)26-9-13-30(43-26)37-21(4)17-33(38)46-37/h6-17H,1-5H3. The van der Waals surface area contributed by atoms with Gasteiger partial charge in [-0.15, -0.1) is 90.7 Å². The molecule has 8 aromatic rings. The van der Waals surface area contributed by atoms with Crippen molar-refractivity contribution in [2.75, 3.05) is 0 Å². The number of hydrogen-bond acceptors (Lipinski definition) is 8. The lowest BCUT2D eigenvalue weighted by Gasteiger charge is -1.95. The molecule has 0 spiro atoms. The summed E-state index contributed by atoms with van der Waals surface area (Å²) in [4.78, 5) is 20.6. The highest BCUT2D eigenvalue weighted by Crippen LogP contribution is 2.49. The highest BCUT2D eigenvalue weighted by Gasteiger charge is 2.19. The fraction of sp³-hybridized carbons (Fsp3) is 0.135. The Labute approximate surface area is 315 Å². The van der Waals surface area contributed by atoms with Crippen LogP contribution < -0.4 is 0 Å². The Hall–Kier alpha value is -1.67. The SMILES string of the molecule is Cc1cc(C)c(-c2ccc(-c3ccc(-c4sc(-c5cc(C)c(-c6ccc(-c7ccc(-c8sc(I)cc8C)s7)s6)s5)cc4C)s3)s2)s1. The summed E-state index contributed by atoms with van der Waals surface area (Å²) in [5.74, 6) is 0. The molecule has 0 fully saturated rings. The van der Waals surface area contributed by atoms with Gasteiger partial charge in [-0.1, -0.05) is 0 Å². The van der Waals surface area contributed by atoms with Crippen molar-refractivity contribution in [2.24, 2.45) is 0 Å². The largest absolute Gasteiger partial charge is 0.139 e. The first-order valence-electron chi connectivity index (χ1n) is 14.7. The van der Waals surface area contributed by atoms with Crippen molar-refractivity contribution >= 4 is 113 Å². The van der Waals surface area contributed by atoms with Crippen LogP contribution in [0.5, 0.6) is 0 Å². The number of thiophene rings is 8. The van der Waals surface area contributed by atoms with Gasteiger partial charge >= 0.3 is 0 Å². The van der Waals surface area contributed by atoms with Crippen LogP contribution in [0.4, 0.5) is 0 Å². The predicted molar refractivity (Wildman–Crippen MR) is 224 cm³/mol. The van der Waals surface area contributed by atoms with E-state index in [1.54, 1.807) is 0 Å². The first-order valence-corrected chi connectivity index (χ1v) is 22.3. The fourth-order valence-corrected chi connectivity index (χ4v) is 16.0. The van der Waals surface area contributed by atoms with Gasteiger partial charge in [0.2, 0.25) is 0 Å². The highest BCUT2D eigenvalue weighted by molar-refractivity contribution is 14.1. The number of rotatable bonds is 7. The molecule has 0 nitrogen and oxygen atoms in total. The normalized spacial score (nSPS) is 11.7. The summed E-state index contributed by atoms with van der Waals surface area (Å²) in [6.45, 7) is 11.2. The van der Waals surface area contributed by atoms with E-state index in [1.807, 2.05) is 90.7 Å². The lowest BCUT2D eigenvalue weighted by molar-refractivity contribution is 1.51. The van der Waals surface area contributed by atoms with E-state index >= 15 is 0 Å². The molecule has 46 heavy (non-hydrogen) atoms. The molecule has 0 bridgehead atoms. The zero-order chi connectivity index (χ0) is 31.7. The van der Waals surface area contributed by atoms with Crippen LogP contribution in [0.1, 0.15) is 27.1 Å². The van der Waals surface area contributed by atoms with Crippen molar-refractivity contribution in [3.8, 4) is 68.3 Å². The molecule has 0 saturated heterocycles. The monoisotopic (exact) mass is 854 g/mol. The Morgan fingerprint density at radius 2 is 0.652 bits per heavy atom. The van der Waals surface area contributed by atoms with Crippen molar-refractivity contribution in [1.29, 1.82) is 0 Å². The quantitative estimate of drug-likeness (QED) is 0.140. The summed E-state index contributed by atoms with van der Waals surface area (Å²) in [6, 6.07) is 27.8. The Morgan fingerprint density at radius 1 is 0.326 bits per heavy atom. The number of aryl methyl sites for hydroxylation is 5. The number of halogens is 1. The third kappa shape index (κ3) is 5.94. The molecule has 0 radical (unpaired) electrons. The van der Waals surface area contributed by atoms with Gasteiger partial charge in [0.1, 0.15) is 0 Å². The third-order valence-electron chi connectivity index (χ3n) is 7.81. The van der Waals surface area contributed by atoms with Crippen LogP contribution >= 0.6 is 113 Å². The zero-order valence-corrected chi connectivity index (χ0v) is 34.3. The van der Waals surface area contributed by atoms with E-state index in [0.29, 0.717) is 0 Å². The lowest BCUT2D eigenvalue weighted by atomic mass is 10.2. The first-order chi connectivity index (χ1) is 22.2. The van der Waals surface area contributed by atoms with E-state index in [0.717, 1.165) is 0 Å². The molecule has 9 heteroatoms. The second kappa shape index (κ2) is 12.7. The van der Waals surface area contributed by atoms with Gasteiger partial charge in [-0.05, 0) is 152 Å². The average molecular weight is 855 g/mol.